The standard InChI is InChI=1S/C20H21BrN2O4/c1-13-3-6-17(11-14(13)2)23-19(25)12-27-20(26)10-9-18(24)22-16-7-4-15(21)5-8-16/h3-8,11H,9-10,12H2,1-2H3,(H,22,24)(H,23,25). The number of ether oxygens (including phenoxy) is 1. The molecular weight excluding hydrogens is 412 g/mol. The smallest absolute Gasteiger partial charge is 0.306 e. The number of benzene rings is 2. The summed E-state index contributed by atoms with van der Waals surface area (Å²) in [7, 11) is 0. The first-order valence-corrected chi connectivity index (χ1v) is 9.21. The van der Waals surface area contributed by atoms with Crippen LogP contribution in [0.1, 0.15) is 24.0 Å². The number of carbonyl (C=O) groups excluding carboxylic acids is 3. The maximum atomic E-state index is 11.8. The number of aryl methyl sites for hydroxylation is 2. The molecule has 142 valence electrons. The van der Waals surface area contributed by atoms with Gasteiger partial charge in [0.15, 0.2) is 6.61 Å². The molecule has 6 nitrogen and oxygen atoms in total. The van der Waals surface area contributed by atoms with Crippen molar-refractivity contribution >= 4 is 45.1 Å². The first-order chi connectivity index (χ1) is 12.8. The van der Waals surface area contributed by atoms with Gasteiger partial charge in [-0.15, -0.1) is 0 Å². The van der Waals surface area contributed by atoms with Gasteiger partial charge in [0.25, 0.3) is 5.91 Å². The zero-order valence-corrected chi connectivity index (χ0v) is 16.8. The highest BCUT2D eigenvalue weighted by molar-refractivity contribution is 9.10. The third-order valence-electron chi connectivity index (χ3n) is 3.84. The Kier molecular flexibility index (Phi) is 7.55. The molecule has 0 atom stereocenters. The van der Waals surface area contributed by atoms with Gasteiger partial charge >= 0.3 is 5.97 Å². The van der Waals surface area contributed by atoms with E-state index in [1.165, 1.54) is 0 Å². The number of halogens is 1. The van der Waals surface area contributed by atoms with Crippen molar-refractivity contribution in [3.05, 3.63) is 58.1 Å². The summed E-state index contributed by atoms with van der Waals surface area (Å²) < 4.78 is 5.81. The van der Waals surface area contributed by atoms with Crippen molar-refractivity contribution in [1.29, 1.82) is 0 Å². The van der Waals surface area contributed by atoms with Gasteiger partial charge in [-0.05, 0) is 61.4 Å². The van der Waals surface area contributed by atoms with Gasteiger partial charge in [-0.2, -0.15) is 0 Å². The second-order valence-corrected chi connectivity index (χ2v) is 6.98. The van der Waals surface area contributed by atoms with Crippen LogP contribution in [0, 0.1) is 13.8 Å². The molecule has 0 spiro atoms. The summed E-state index contributed by atoms with van der Waals surface area (Å²) in [5.74, 6) is -1.32. The van der Waals surface area contributed by atoms with E-state index in [2.05, 4.69) is 26.6 Å². The largest absolute Gasteiger partial charge is 0.456 e. The molecule has 0 saturated carbocycles. The minimum Gasteiger partial charge on any atom is -0.456 e. The molecule has 7 heteroatoms. The van der Waals surface area contributed by atoms with Crippen LogP contribution in [0.5, 0.6) is 0 Å². The van der Waals surface area contributed by atoms with Gasteiger partial charge in [0, 0.05) is 22.3 Å². The maximum Gasteiger partial charge on any atom is 0.306 e. The Labute approximate surface area is 166 Å². The van der Waals surface area contributed by atoms with Gasteiger partial charge in [0.2, 0.25) is 5.91 Å². The molecule has 0 heterocycles. The van der Waals surface area contributed by atoms with Gasteiger partial charge in [-0.1, -0.05) is 22.0 Å². The summed E-state index contributed by atoms with van der Waals surface area (Å²) in [5, 5.41) is 5.35. The van der Waals surface area contributed by atoms with E-state index >= 15 is 0 Å². The van der Waals surface area contributed by atoms with Gasteiger partial charge in [0.05, 0.1) is 6.42 Å². The summed E-state index contributed by atoms with van der Waals surface area (Å²) >= 11 is 3.31. The van der Waals surface area contributed by atoms with Crippen molar-refractivity contribution in [2.45, 2.75) is 26.7 Å². The van der Waals surface area contributed by atoms with Crippen molar-refractivity contribution in [2.75, 3.05) is 17.2 Å². The van der Waals surface area contributed by atoms with Crippen LogP contribution in [0.2, 0.25) is 0 Å². The van der Waals surface area contributed by atoms with Crippen LogP contribution >= 0.6 is 15.9 Å². The van der Waals surface area contributed by atoms with E-state index in [1.54, 1.807) is 30.3 Å². The summed E-state index contributed by atoms with van der Waals surface area (Å²) in [6, 6.07) is 12.6. The Bertz CT molecular complexity index is 834. The highest BCUT2D eigenvalue weighted by Crippen LogP contribution is 2.15. The molecule has 27 heavy (non-hydrogen) atoms. The minimum atomic E-state index is -0.601. The van der Waals surface area contributed by atoms with E-state index in [-0.39, 0.29) is 25.4 Å². The molecule has 2 amide bonds. The zero-order valence-electron chi connectivity index (χ0n) is 15.2. The predicted octanol–water partition coefficient (Wildman–Crippen LogP) is 3.97. The highest BCUT2D eigenvalue weighted by Gasteiger charge is 2.11. The normalized spacial score (nSPS) is 10.2. The van der Waals surface area contributed by atoms with Crippen molar-refractivity contribution in [1.82, 2.24) is 0 Å². The molecule has 2 rings (SSSR count). The molecule has 0 fully saturated rings. The fourth-order valence-electron chi connectivity index (χ4n) is 2.21. The van der Waals surface area contributed by atoms with Crippen LogP contribution in [0.25, 0.3) is 0 Å². The number of rotatable bonds is 7. The van der Waals surface area contributed by atoms with Crippen molar-refractivity contribution in [2.24, 2.45) is 0 Å². The van der Waals surface area contributed by atoms with Crippen LogP contribution in [-0.4, -0.2) is 24.4 Å². The molecule has 0 aliphatic carbocycles. The Balaban J connectivity index is 1.69. The van der Waals surface area contributed by atoms with E-state index in [0.717, 1.165) is 15.6 Å². The Hall–Kier alpha value is -2.67. The van der Waals surface area contributed by atoms with Crippen molar-refractivity contribution in [3.63, 3.8) is 0 Å². The molecule has 2 aromatic carbocycles. The van der Waals surface area contributed by atoms with Crippen LogP contribution < -0.4 is 10.6 Å². The molecule has 2 N–H and O–H groups in total. The first-order valence-electron chi connectivity index (χ1n) is 8.41. The minimum absolute atomic E-state index is 0.0202. The van der Waals surface area contributed by atoms with Crippen LogP contribution in [0.4, 0.5) is 11.4 Å². The summed E-state index contributed by atoms with van der Waals surface area (Å²) in [6.07, 6.45) is -0.118. The summed E-state index contributed by atoms with van der Waals surface area (Å²) in [6.45, 7) is 3.54. The molecule has 0 saturated heterocycles. The fraction of sp³-hybridized carbons (Fsp3) is 0.250. The van der Waals surface area contributed by atoms with Crippen molar-refractivity contribution < 1.29 is 19.1 Å². The first kappa shape index (κ1) is 20.6. The van der Waals surface area contributed by atoms with Crippen LogP contribution in [0.3, 0.4) is 0 Å². The average molecular weight is 433 g/mol. The van der Waals surface area contributed by atoms with E-state index < -0.39 is 11.9 Å². The molecule has 0 aliphatic heterocycles. The summed E-state index contributed by atoms with van der Waals surface area (Å²) in [4.78, 5) is 35.4. The quantitative estimate of drug-likeness (QED) is 0.648. The van der Waals surface area contributed by atoms with Gasteiger partial charge in [-0.3, -0.25) is 14.4 Å². The zero-order chi connectivity index (χ0) is 19.8. The highest BCUT2D eigenvalue weighted by atomic mass is 79.9. The summed E-state index contributed by atoms with van der Waals surface area (Å²) in [5.41, 5.74) is 3.47. The lowest BCUT2D eigenvalue weighted by Crippen LogP contribution is -2.21. The molecule has 0 bridgehead atoms. The van der Waals surface area contributed by atoms with Crippen molar-refractivity contribution in [3.8, 4) is 0 Å². The molecule has 0 aliphatic rings. The van der Waals surface area contributed by atoms with Gasteiger partial charge in [0.1, 0.15) is 0 Å². The monoisotopic (exact) mass is 432 g/mol. The number of esters is 1. The van der Waals surface area contributed by atoms with E-state index in [1.807, 2.05) is 26.0 Å². The lowest BCUT2D eigenvalue weighted by atomic mass is 10.1. The predicted molar refractivity (Wildman–Crippen MR) is 108 cm³/mol. The van der Waals surface area contributed by atoms with E-state index in [9.17, 15) is 14.4 Å². The maximum absolute atomic E-state index is 11.8. The Morgan fingerprint density at radius 1 is 0.852 bits per heavy atom. The Morgan fingerprint density at radius 2 is 1.48 bits per heavy atom. The number of nitrogens with one attached hydrogen (secondary N) is 2. The number of anilines is 2. The van der Waals surface area contributed by atoms with E-state index in [0.29, 0.717) is 11.4 Å². The third-order valence-corrected chi connectivity index (χ3v) is 4.37. The number of hydrogen-bond donors (Lipinski definition) is 2. The van der Waals surface area contributed by atoms with Crippen LogP contribution in [0.15, 0.2) is 46.9 Å². The van der Waals surface area contributed by atoms with E-state index in [4.69, 9.17) is 4.74 Å². The van der Waals surface area contributed by atoms with Crippen LogP contribution in [-0.2, 0) is 19.1 Å². The lowest BCUT2D eigenvalue weighted by molar-refractivity contribution is -0.147. The number of amides is 2. The molecule has 0 radical (unpaired) electrons. The second kappa shape index (κ2) is 9.87. The van der Waals surface area contributed by atoms with Gasteiger partial charge in [-0.25, -0.2) is 0 Å². The molecule has 0 unspecified atom stereocenters. The lowest BCUT2D eigenvalue weighted by Gasteiger charge is -2.09. The molecule has 2 aromatic rings. The Morgan fingerprint density at radius 3 is 2.15 bits per heavy atom. The fourth-order valence-corrected chi connectivity index (χ4v) is 2.47. The molecular formula is C20H21BrN2O4. The third kappa shape index (κ3) is 7.22. The topological polar surface area (TPSA) is 84.5 Å². The molecule has 0 aromatic heterocycles. The average Bonchev–Trinajstić information content (AvgIpc) is 2.63. The number of carbonyl (C=O) groups is 3. The SMILES string of the molecule is Cc1ccc(NC(=O)COC(=O)CCC(=O)Nc2ccc(Br)cc2)cc1C. The number of hydrogen-bond acceptors (Lipinski definition) is 4. The second-order valence-electron chi connectivity index (χ2n) is 6.06. The van der Waals surface area contributed by atoms with Gasteiger partial charge < -0.3 is 15.4 Å².